The molecule has 0 atom stereocenters. The van der Waals surface area contributed by atoms with Gasteiger partial charge in [0, 0.05) is 5.69 Å². The Morgan fingerprint density at radius 1 is 1.00 bits per heavy atom. The zero-order valence-corrected chi connectivity index (χ0v) is 17.7. The third-order valence-electron chi connectivity index (χ3n) is 4.23. The van der Waals surface area contributed by atoms with Crippen LogP contribution in [0.15, 0.2) is 71.6 Å². The lowest BCUT2D eigenvalue weighted by Crippen LogP contribution is -2.20. The van der Waals surface area contributed by atoms with E-state index in [0.29, 0.717) is 22.9 Å². The molecule has 0 aliphatic rings. The van der Waals surface area contributed by atoms with E-state index in [1.54, 1.807) is 12.1 Å². The van der Waals surface area contributed by atoms with Crippen LogP contribution in [0.4, 0.5) is 15.8 Å². The van der Waals surface area contributed by atoms with Gasteiger partial charge in [-0.3, -0.25) is 9.52 Å². The van der Waals surface area contributed by atoms with Gasteiger partial charge >= 0.3 is 0 Å². The number of amides is 1. The van der Waals surface area contributed by atoms with Crippen molar-refractivity contribution in [2.24, 2.45) is 0 Å². The quantitative estimate of drug-likeness (QED) is 0.549. The second kappa shape index (κ2) is 9.48. The summed E-state index contributed by atoms with van der Waals surface area (Å²) in [4.78, 5) is 12.0. The Morgan fingerprint density at radius 3 is 2.32 bits per heavy atom. The molecule has 0 saturated heterocycles. The molecule has 3 rings (SSSR count). The third kappa shape index (κ3) is 5.95. The van der Waals surface area contributed by atoms with Crippen LogP contribution in [0.1, 0.15) is 5.56 Å². The van der Waals surface area contributed by atoms with Crippen LogP contribution in [-0.2, 0) is 14.8 Å². The Hall–Kier alpha value is -3.59. The molecule has 0 spiro atoms. The molecule has 0 aliphatic heterocycles. The number of halogens is 1. The van der Waals surface area contributed by atoms with E-state index < -0.39 is 21.7 Å². The molecule has 31 heavy (non-hydrogen) atoms. The van der Waals surface area contributed by atoms with E-state index in [-0.39, 0.29) is 11.5 Å². The molecule has 0 aliphatic carbocycles. The van der Waals surface area contributed by atoms with Gasteiger partial charge in [-0.25, -0.2) is 12.8 Å². The van der Waals surface area contributed by atoms with Crippen LogP contribution in [0.2, 0.25) is 0 Å². The number of carbonyl (C=O) groups is 1. The van der Waals surface area contributed by atoms with Crippen LogP contribution in [-0.4, -0.2) is 28.0 Å². The summed E-state index contributed by atoms with van der Waals surface area (Å²) in [5.41, 5.74) is 1.61. The SMILES string of the molecule is COc1ccc(C)cc1NS(=O)(=O)c1ccc(NC(=O)COc2ccc(F)cc2)cc1. The first kappa shape index (κ1) is 22.1. The highest BCUT2D eigenvalue weighted by atomic mass is 32.2. The second-order valence-corrected chi connectivity index (χ2v) is 8.31. The van der Waals surface area contributed by atoms with Gasteiger partial charge in [-0.1, -0.05) is 6.07 Å². The predicted octanol–water partition coefficient (Wildman–Crippen LogP) is 3.96. The maximum absolute atomic E-state index is 12.9. The molecule has 9 heteroatoms. The number of ether oxygens (including phenoxy) is 2. The number of aryl methyl sites for hydroxylation is 1. The molecule has 2 N–H and O–H groups in total. The van der Waals surface area contributed by atoms with Crippen molar-refractivity contribution in [3.63, 3.8) is 0 Å². The van der Waals surface area contributed by atoms with E-state index in [1.807, 2.05) is 13.0 Å². The molecular formula is C22H21FN2O5S. The second-order valence-electron chi connectivity index (χ2n) is 6.62. The predicted molar refractivity (Wildman–Crippen MR) is 116 cm³/mol. The molecule has 0 unspecified atom stereocenters. The summed E-state index contributed by atoms with van der Waals surface area (Å²) in [6.45, 7) is 1.56. The summed E-state index contributed by atoms with van der Waals surface area (Å²) in [6.07, 6.45) is 0. The van der Waals surface area contributed by atoms with Gasteiger partial charge in [0.05, 0.1) is 17.7 Å². The number of carbonyl (C=O) groups excluding carboxylic acids is 1. The molecule has 0 radical (unpaired) electrons. The average Bonchev–Trinajstić information content (AvgIpc) is 2.74. The average molecular weight is 444 g/mol. The zero-order chi connectivity index (χ0) is 22.4. The van der Waals surface area contributed by atoms with E-state index >= 15 is 0 Å². The molecule has 0 heterocycles. The van der Waals surface area contributed by atoms with Crippen molar-refractivity contribution in [1.29, 1.82) is 0 Å². The largest absolute Gasteiger partial charge is 0.495 e. The van der Waals surface area contributed by atoms with Crippen molar-refractivity contribution >= 4 is 27.3 Å². The lowest BCUT2D eigenvalue weighted by Gasteiger charge is -2.13. The Kier molecular flexibility index (Phi) is 6.76. The number of hydrogen-bond acceptors (Lipinski definition) is 5. The van der Waals surface area contributed by atoms with Crippen LogP contribution in [0.25, 0.3) is 0 Å². The minimum atomic E-state index is -3.86. The Bertz CT molecular complexity index is 1160. The van der Waals surface area contributed by atoms with E-state index in [0.717, 1.165) is 5.56 Å². The molecule has 7 nitrogen and oxygen atoms in total. The molecule has 0 aromatic heterocycles. The lowest BCUT2D eigenvalue weighted by atomic mass is 10.2. The fourth-order valence-electron chi connectivity index (χ4n) is 2.70. The molecular weight excluding hydrogens is 423 g/mol. The van der Waals surface area contributed by atoms with Gasteiger partial charge in [0.1, 0.15) is 17.3 Å². The summed E-state index contributed by atoms with van der Waals surface area (Å²) in [6, 6.07) is 16.1. The van der Waals surface area contributed by atoms with Gasteiger partial charge in [0.15, 0.2) is 6.61 Å². The number of rotatable bonds is 8. The van der Waals surface area contributed by atoms with Gasteiger partial charge in [-0.05, 0) is 73.2 Å². The Morgan fingerprint density at radius 2 is 1.68 bits per heavy atom. The molecule has 0 saturated carbocycles. The first-order valence-electron chi connectivity index (χ1n) is 9.22. The van der Waals surface area contributed by atoms with Gasteiger partial charge < -0.3 is 14.8 Å². The van der Waals surface area contributed by atoms with Crippen LogP contribution < -0.4 is 19.5 Å². The minimum Gasteiger partial charge on any atom is -0.495 e. The van der Waals surface area contributed by atoms with Gasteiger partial charge in [-0.15, -0.1) is 0 Å². The van der Waals surface area contributed by atoms with E-state index in [2.05, 4.69) is 10.0 Å². The number of sulfonamides is 1. The first-order valence-corrected chi connectivity index (χ1v) is 10.7. The topological polar surface area (TPSA) is 93.7 Å². The van der Waals surface area contributed by atoms with Crippen LogP contribution in [0.5, 0.6) is 11.5 Å². The Balaban J connectivity index is 1.63. The van der Waals surface area contributed by atoms with Gasteiger partial charge in [-0.2, -0.15) is 0 Å². The van der Waals surface area contributed by atoms with Crippen LogP contribution in [0, 0.1) is 12.7 Å². The maximum atomic E-state index is 12.9. The maximum Gasteiger partial charge on any atom is 0.262 e. The monoisotopic (exact) mass is 444 g/mol. The smallest absolute Gasteiger partial charge is 0.262 e. The number of anilines is 2. The van der Waals surface area contributed by atoms with E-state index in [4.69, 9.17) is 9.47 Å². The number of nitrogens with one attached hydrogen (secondary N) is 2. The number of benzene rings is 3. The molecule has 1 amide bonds. The number of methoxy groups -OCH3 is 1. The fourth-order valence-corrected chi connectivity index (χ4v) is 3.76. The highest BCUT2D eigenvalue weighted by molar-refractivity contribution is 7.92. The van der Waals surface area contributed by atoms with Gasteiger partial charge in [0.2, 0.25) is 0 Å². The standard InChI is InChI=1S/C22H21FN2O5S/c1-15-3-12-21(29-2)20(13-15)25-31(27,28)19-10-6-17(7-11-19)24-22(26)14-30-18-8-4-16(23)5-9-18/h3-13,25H,14H2,1-2H3,(H,24,26). The third-order valence-corrected chi connectivity index (χ3v) is 5.61. The van der Waals surface area contributed by atoms with E-state index in [9.17, 15) is 17.6 Å². The molecule has 3 aromatic carbocycles. The lowest BCUT2D eigenvalue weighted by molar-refractivity contribution is -0.118. The summed E-state index contributed by atoms with van der Waals surface area (Å²) >= 11 is 0. The van der Waals surface area contributed by atoms with Crippen molar-refractivity contribution in [2.75, 3.05) is 23.8 Å². The van der Waals surface area contributed by atoms with Crippen LogP contribution >= 0.6 is 0 Å². The number of hydrogen-bond donors (Lipinski definition) is 2. The molecule has 0 bridgehead atoms. The normalized spacial score (nSPS) is 10.9. The Labute approximate surface area is 179 Å². The molecule has 162 valence electrons. The van der Waals surface area contributed by atoms with E-state index in [1.165, 1.54) is 55.6 Å². The van der Waals surface area contributed by atoms with Crippen molar-refractivity contribution in [3.8, 4) is 11.5 Å². The molecule has 3 aromatic rings. The van der Waals surface area contributed by atoms with Crippen molar-refractivity contribution in [2.45, 2.75) is 11.8 Å². The van der Waals surface area contributed by atoms with Crippen molar-refractivity contribution < 1.29 is 27.1 Å². The zero-order valence-electron chi connectivity index (χ0n) is 16.9. The summed E-state index contributed by atoms with van der Waals surface area (Å²) in [5.74, 6) is -0.0837. The summed E-state index contributed by atoms with van der Waals surface area (Å²) < 4.78 is 51.3. The summed E-state index contributed by atoms with van der Waals surface area (Å²) in [5, 5.41) is 2.60. The van der Waals surface area contributed by atoms with Crippen molar-refractivity contribution in [1.82, 2.24) is 0 Å². The van der Waals surface area contributed by atoms with Crippen LogP contribution in [0.3, 0.4) is 0 Å². The molecule has 0 fully saturated rings. The van der Waals surface area contributed by atoms with Crippen molar-refractivity contribution in [3.05, 3.63) is 78.1 Å². The summed E-state index contributed by atoms with van der Waals surface area (Å²) in [7, 11) is -2.40. The highest BCUT2D eigenvalue weighted by Gasteiger charge is 2.17. The minimum absolute atomic E-state index is 0.0246. The van der Waals surface area contributed by atoms with Gasteiger partial charge in [0.25, 0.3) is 15.9 Å². The highest BCUT2D eigenvalue weighted by Crippen LogP contribution is 2.28. The first-order chi connectivity index (χ1) is 14.8. The fraction of sp³-hybridized carbons (Fsp3) is 0.136.